The molecule has 0 N–H and O–H groups in total. The third-order valence-corrected chi connectivity index (χ3v) is 3.98. The Morgan fingerprint density at radius 3 is 2.32 bits per heavy atom. The lowest BCUT2D eigenvalue weighted by Gasteiger charge is -2.05. The van der Waals surface area contributed by atoms with Gasteiger partial charge in [-0.15, -0.1) is 11.3 Å². The maximum Gasteiger partial charge on any atom is 0.162 e. The minimum atomic E-state index is 0.708. The molecule has 0 spiro atoms. The van der Waals surface area contributed by atoms with E-state index in [1.807, 2.05) is 30.3 Å². The maximum absolute atomic E-state index is 5.31. The average molecular weight is 271 g/mol. The third-order valence-electron chi connectivity index (χ3n) is 2.91. The van der Waals surface area contributed by atoms with E-state index in [9.17, 15) is 0 Å². The summed E-state index contributed by atoms with van der Waals surface area (Å²) in [4.78, 5) is 4.65. The van der Waals surface area contributed by atoms with E-state index >= 15 is 0 Å². The highest BCUT2D eigenvalue weighted by molar-refractivity contribution is 7.21. The molecule has 0 saturated heterocycles. The number of hydrogen-bond acceptors (Lipinski definition) is 4. The Hall–Kier alpha value is -2.07. The topological polar surface area (TPSA) is 31.4 Å². The smallest absolute Gasteiger partial charge is 0.162 e. The van der Waals surface area contributed by atoms with Crippen molar-refractivity contribution in [2.45, 2.75) is 0 Å². The van der Waals surface area contributed by atoms with E-state index in [2.05, 4.69) is 17.1 Å². The molecule has 0 fully saturated rings. The van der Waals surface area contributed by atoms with Gasteiger partial charge in [0.15, 0.2) is 11.5 Å². The van der Waals surface area contributed by atoms with E-state index in [1.165, 1.54) is 0 Å². The number of fused-ring (bicyclic) bond motifs is 1. The van der Waals surface area contributed by atoms with Gasteiger partial charge in [-0.3, -0.25) is 0 Å². The van der Waals surface area contributed by atoms with Gasteiger partial charge in [0.1, 0.15) is 5.01 Å². The van der Waals surface area contributed by atoms with Crippen LogP contribution in [-0.2, 0) is 0 Å². The van der Waals surface area contributed by atoms with Crippen molar-refractivity contribution >= 4 is 21.6 Å². The Labute approximate surface area is 115 Å². The molecule has 0 aliphatic heterocycles. The van der Waals surface area contributed by atoms with Crippen LogP contribution in [0.2, 0.25) is 0 Å². The summed E-state index contributed by atoms with van der Waals surface area (Å²) < 4.78 is 11.7. The molecular formula is C15H13NO2S. The van der Waals surface area contributed by atoms with Crippen molar-refractivity contribution in [3.05, 3.63) is 42.5 Å². The summed E-state index contributed by atoms with van der Waals surface area (Å²) in [7, 11) is 3.27. The molecule has 19 heavy (non-hydrogen) atoms. The summed E-state index contributed by atoms with van der Waals surface area (Å²) in [5, 5.41) is 1.01. The summed E-state index contributed by atoms with van der Waals surface area (Å²) in [6.45, 7) is 0. The van der Waals surface area contributed by atoms with Crippen LogP contribution in [0.1, 0.15) is 0 Å². The second kappa shape index (κ2) is 4.90. The second-order valence-corrected chi connectivity index (χ2v) is 5.09. The molecule has 3 aromatic rings. The molecule has 0 aliphatic rings. The Balaban J connectivity index is 2.16. The quantitative estimate of drug-likeness (QED) is 0.722. The van der Waals surface area contributed by atoms with Crippen LogP contribution in [-0.4, -0.2) is 19.2 Å². The monoisotopic (exact) mass is 271 g/mol. The standard InChI is InChI=1S/C15H13NO2S/c1-17-12-8-11-14(9-13(12)18-2)19-15(16-11)10-6-4-3-5-7-10/h3-9H,1-2H3. The van der Waals surface area contributed by atoms with Gasteiger partial charge in [-0.25, -0.2) is 4.98 Å². The fourth-order valence-electron chi connectivity index (χ4n) is 1.96. The zero-order chi connectivity index (χ0) is 13.2. The molecule has 3 nitrogen and oxygen atoms in total. The highest BCUT2D eigenvalue weighted by Gasteiger charge is 2.11. The summed E-state index contributed by atoms with van der Waals surface area (Å²) >= 11 is 1.65. The van der Waals surface area contributed by atoms with Crippen LogP contribution in [0.5, 0.6) is 11.5 Å². The van der Waals surface area contributed by atoms with Gasteiger partial charge < -0.3 is 9.47 Å². The predicted molar refractivity (Wildman–Crippen MR) is 78.2 cm³/mol. The van der Waals surface area contributed by atoms with Crippen LogP contribution in [0.15, 0.2) is 42.5 Å². The van der Waals surface area contributed by atoms with Crippen LogP contribution >= 0.6 is 11.3 Å². The summed E-state index contributed by atoms with van der Waals surface area (Å²) in [6.07, 6.45) is 0. The van der Waals surface area contributed by atoms with E-state index in [-0.39, 0.29) is 0 Å². The predicted octanol–water partition coefficient (Wildman–Crippen LogP) is 3.98. The van der Waals surface area contributed by atoms with Gasteiger partial charge in [0.2, 0.25) is 0 Å². The summed E-state index contributed by atoms with van der Waals surface area (Å²) in [5.41, 5.74) is 2.06. The second-order valence-electron chi connectivity index (χ2n) is 4.06. The van der Waals surface area contributed by atoms with E-state index < -0.39 is 0 Å². The minimum absolute atomic E-state index is 0.708. The van der Waals surface area contributed by atoms with Gasteiger partial charge in [0, 0.05) is 17.7 Å². The molecular weight excluding hydrogens is 258 g/mol. The SMILES string of the molecule is COc1cc2nc(-c3ccccc3)sc2cc1OC. The molecule has 3 rings (SSSR count). The Bertz CT molecular complexity index is 666. The number of methoxy groups -OCH3 is 2. The normalized spacial score (nSPS) is 10.6. The van der Waals surface area contributed by atoms with E-state index in [1.54, 1.807) is 25.6 Å². The number of nitrogens with zero attached hydrogens (tertiary/aromatic N) is 1. The van der Waals surface area contributed by atoms with E-state index in [0.29, 0.717) is 5.75 Å². The molecule has 0 atom stereocenters. The van der Waals surface area contributed by atoms with Gasteiger partial charge in [0.05, 0.1) is 24.4 Å². The molecule has 0 aliphatic carbocycles. The summed E-state index contributed by atoms with van der Waals surface area (Å²) in [5.74, 6) is 1.44. The zero-order valence-corrected chi connectivity index (χ0v) is 11.5. The number of hydrogen-bond donors (Lipinski definition) is 0. The molecule has 1 heterocycles. The first-order chi connectivity index (χ1) is 9.31. The van der Waals surface area contributed by atoms with Crippen molar-refractivity contribution in [3.8, 4) is 22.1 Å². The fraction of sp³-hybridized carbons (Fsp3) is 0.133. The van der Waals surface area contributed by atoms with Crippen LogP contribution in [0.3, 0.4) is 0 Å². The maximum atomic E-state index is 5.31. The molecule has 0 amide bonds. The minimum Gasteiger partial charge on any atom is -0.493 e. The van der Waals surface area contributed by atoms with Gasteiger partial charge in [0.25, 0.3) is 0 Å². The number of rotatable bonds is 3. The molecule has 0 saturated carbocycles. The van der Waals surface area contributed by atoms with Crippen molar-refractivity contribution in [2.75, 3.05) is 14.2 Å². The first kappa shape index (κ1) is 12.0. The lowest BCUT2D eigenvalue weighted by atomic mass is 10.2. The van der Waals surface area contributed by atoms with Gasteiger partial charge >= 0.3 is 0 Å². The van der Waals surface area contributed by atoms with Crippen molar-refractivity contribution in [1.29, 1.82) is 0 Å². The first-order valence-corrected chi connectivity index (χ1v) is 6.71. The number of thiazole rings is 1. The molecule has 0 unspecified atom stereocenters. The number of aromatic nitrogens is 1. The van der Waals surface area contributed by atoms with Gasteiger partial charge in [-0.2, -0.15) is 0 Å². The summed E-state index contributed by atoms with van der Waals surface area (Å²) in [6, 6.07) is 14.0. The fourth-order valence-corrected chi connectivity index (χ4v) is 2.94. The highest BCUT2D eigenvalue weighted by atomic mass is 32.1. The number of ether oxygens (including phenoxy) is 2. The largest absolute Gasteiger partial charge is 0.493 e. The molecule has 0 radical (unpaired) electrons. The molecule has 96 valence electrons. The first-order valence-electron chi connectivity index (χ1n) is 5.90. The molecule has 4 heteroatoms. The molecule has 0 bridgehead atoms. The number of benzene rings is 2. The van der Waals surface area contributed by atoms with Gasteiger partial charge in [-0.1, -0.05) is 30.3 Å². The average Bonchev–Trinajstić information content (AvgIpc) is 2.89. The van der Waals surface area contributed by atoms with Crippen LogP contribution in [0, 0.1) is 0 Å². The zero-order valence-electron chi connectivity index (χ0n) is 10.7. The Morgan fingerprint density at radius 2 is 1.63 bits per heavy atom. The van der Waals surface area contributed by atoms with Crippen LogP contribution in [0.25, 0.3) is 20.8 Å². The van der Waals surface area contributed by atoms with Gasteiger partial charge in [-0.05, 0) is 0 Å². The third kappa shape index (κ3) is 2.15. The lowest BCUT2D eigenvalue weighted by molar-refractivity contribution is 0.356. The Kier molecular flexibility index (Phi) is 3.09. The molecule has 1 aromatic heterocycles. The van der Waals surface area contributed by atoms with E-state index in [4.69, 9.17) is 9.47 Å². The Morgan fingerprint density at radius 1 is 0.947 bits per heavy atom. The van der Waals surface area contributed by atoms with Crippen molar-refractivity contribution in [1.82, 2.24) is 4.98 Å². The highest BCUT2D eigenvalue weighted by Crippen LogP contribution is 2.37. The van der Waals surface area contributed by atoms with Crippen molar-refractivity contribution < 1.29 is 9.47 Å². The van der Waals surface area contributed by atoms with Crippen molar-refractivity contribution in [3.63, 3.8) is 0 Å². The van der Waals surface area contributed by atoms with E-state index in [0.717, 1.165) is 26.5 Å². The van der Waals surface area contributed by atoms with Crippen LogP contribution in [0.4, 0.5) is 0 Å². The lowest BCUT2D eigenvalue weighted by Crippen LogP contribution is -1.89. The van der Waals surface area contributed by atoms with Crippen LogP contribution < -0.4 is 9.47 Å². The molecule has 2 aromatic carbocycles. The van der Waals surface area contributed by atoms with Crippen molar-refractivity contribution in [2.24, 2.45) is 0 Å².